The molecule has 194 valence electrons. The first-order chi connectivity index (χ1) is 19.7. The molecule has 1 N–H and O–H groups in total. The number of hydrogen-bond donors (Lipinski definition) is 1. The summed E-state index contributed by atoms with van der Waals surface area (Å²) in [7, 11) is 0. The Bertz CT molecular complexity index is 1970. The van der Waals surface area contributed by atoms with Crippen molar-refractivity contribution in [2.45, 2.75) is 26.3 Å². The van der Waals surface area contributed by atoms with Crippen LogP contribution in [0.4, 0.5) is 22.7 Å². The Morgan fingerprint density at radius 2 is 1.57 bits per heavy atom. The second kappa shape index (κ2) is 9.00. The molecule has 1 atom stereocenters. The number of anilines is 4. The summed E-state index contributed by atoms with van der Waals surface area (Å²) < 4.78 is 2.67. The van der Waals surface area contributed by atoms with Crippen LogP contribution in [-0.2, 0) is 6.54 Å². The SMILES string of the molecule is C/C=C1\C(C)c2ccc(N3Cc4ccccc43)cc2N1Nc1cccc(-c2ccc3sc4ccccc4c3c2)c1. The van der Waals surface area contributed by atoms with Gasteiger partial charge < -0.3 is 4.90 Å². The number of nitrogens with one attached hydrogen (secondary N) is 1. The van der Waals surface area contributed by atoms with E-state index in [-0.39, 0.29) is 0 Å². The van der Waals surface area contributed by atoms with E-state index in [2.05, 4.69) is 144 Å². The minimum atomic E-state index is 0.322. The van der Waals surface area contributed by atoms with E-state index in [9.17, 15) is 0 Å². The quantitative estimate of drug-likeness (QED) is 0.242. The first-order valence-electron chi connectivity index (χ1n) is 13.9. The Morgan fingerprint density at radius 1 is 0.750 bits per heavy atom. The molecular weight excluding hydrogens is 506 g/mol. The number of allylic oxidation sites excluding steroid dienone is 2. The fourth-order valence-electron chi connectivity index (χ4n) is 6.36. The van der Waals surface area contributed by atoms with Crippen molar-refractivity contribution in [3.63, 3.8) is 0 Å². The summed E-state index contributed by atoms with van der Waals surface area (Å²) in [5, 5.41) is 4.94. The Hall–Kier alpha value is -4.54. The zero-order valence-corrected chi connectivity index (χ0v) is 23.4. The summed E-state index contributed by atoms with van der Waals surface area (Å²) in [5.74, 6) is 0.322. The van der Waals surface area contributed by atoms with E-state index in [1.54, 1.807) is 0 Å². The summed E-state index contributed by atoms with van der Waals surface area (Å²) in [4.78, 5) is 2.40. The zero-order chi connectivity index (χ0) is 26.8. The zero-order valence-electron chi connectivity index (χ0n) is 22.6. The van der Waals surface area contributed by atoms with Gasteiger partial charge in [-0.25, -0.2) is 0 Å². The van der Waals surface area contributed by atoms with Crippen LogP contribution in [-0.4, -0.2) is 0 Å². The fraction of sp³-hybridized carbons (Fsp3) is 0.111. The summed E-state index contributed by atoms with van der Waals surface area (Å²) in [6.45, 7) is 5.39. The van der Waals surface area contributed by atoms with Crippen LogP contribution in [0.3, 0.4) is 0 Å². The molecule has 3 heterocycles. The van der Waals surface area contributed by atoms with Crippen LogP contribution in [0, 0.1) is 0 Å². The van der Waals surface area contributed by atoms with Gasteiger partial charge in [0.15, 0.2) is 0 Å². The topological polar surface area (TPSA) is 18.5 Å². The molecule has 3 nitrogen and oxygen atoms in total. The second-order valence-electron chi connectivity index (χ2n) is 10.7. The summed E-state index contributed by atoms with van der Waals surface area (Å²) >= 11 is 1.86. The summed E-state index contributed by atoms with van der Waals surface area (Å²) in [6.07, 6.45) is 2.23. The fourth-order valence-corrected chi connectivity index (χ4v) is 7.45. The molecule has 0 amide bonds. The number of nitrogens with zero attached hydrogens (tertiary/aromatic N) is 2. The maximum Gasteiger partial charge on any atom is 0.0686 e. The minimum Gasteiger partial charge on any atom is -0.337 e. The first kappa shape index (κ1) is 23.4. The van der Waals surface area contributed by atoms with Crippen LogP contribution >= 0.6 is 11.3 Å². The third-order valence-electron chi connectivity index (χ3n) is 8.46. The van der Waals surface area contributed by atoms with E-state index < -0.39 is 0 Å². The predicted molar refractivity (Wildman–Crippen MR) is 172 cm³/mol. The molecule has 6 aromatic rings. The Balaban J connectivity index is 1.14. The van der Waals surface area contributed by atoms with Crippen LogP contribution in [0.5, 0.6) is 0 Å². The molecule has 4 heteroatoms. The summed E-state index contributed by atoms with van der Waals surface area (Å²) in [5.41, 5.74) is 15.1. The van der Waals surface area contributed by atoms with Crippen LogP contribution in [0.1, 0.15) is 30.9 Å². The van der Waals surface area contributed by atoms with E-state index >= 15 is 0 Å². The average molecular weight is 536 g/mol. The monoisotopic (exact) mass is 535 g/mol. The lowest BCUT2D eigenvalue weighted by Gasteiger charge is -2.36. The van der Waals surface area contributed by atoms with Crippen molar-refractivity contribution >= 4 is 54.3 Å². The maximum absolute atomic E-state index is 3.77. The molecule has 0 bridgehead atoms. The first-order valence-corrected chi connectivity index (χ1v) is 14.7. The lowest BCUT2D eigenvalue weighted by atomic mass is 9.98. The number of thiophene rings is 1. The minimum absolute atomic E-state index is 0.322. The van der Waals surface area contributed by atoms with Gasteiger partial charge in [-0.3, -0.25) is 10.4 Å². The lowest BCUT2D eigenvalue weighted by Crippen LogP contribution is -2.28. The average Bonchev–Trinajstić information content (AvgIpc) is 3.47. The van der Waals surface area contributed by atoms with Crippen LogP contribution in [0.15, 0.2) is 121 Å². The van der Waals surface area contributed by atoms with E-state index in [1.165, 1.54) is 65.2 Å². The number of hydrogen-bond acceptors (Lipinski definition) is 4. The molecule has 1 unspecified atom stereocenters. The molecule has 2 aliphatic heterocycles. The Labute approximate surface area is 238 Å². The van der Waals surface area contributed by atoms with Gasteiger partial charge in [0.25, 0.3) is 0 Å². The van der Waals surface area contributed by atoms with Crippen molar-refractivity contribution in [1.29, 1.82) is 0 Å². The summed E-state index contributed by atoms with van der Waals surface area (Å²) in [6, 6.07) is 39.9. The van der Waals surface area contributed by atoms with Gasteiger partial charge in [-0.2, -0.15) is 0 Å². The molecular formula is C36H29N3S. The number of hydrazine groups is 1. The van der Waals surface area contributed by atoms with Crippen molar-refractivity contribution in [2.75, 3.05) is 15.3 Å². The number of fused-ring (bicyclic) bond motifs is 5. The highest BCUT2D eigenvalue weighted by Crippen LogP contribution is 2.47. The van der Waals surface area contributed by atoms with Gasteiger partial charge in [0.1, 0.15) is 0 Å². The highest BCUT2D eigenvalue weighted by Gasteiger charge is 2.32. The molecule has 0 radical (unpaired) electrons. The molecule has 0 aliphatic carbocycles. The Morgan fingerprint density at radius 3 is 2.48 bits per heavy atom. The smallest absolute Gasteiger partial charge is 0.0686 e. The van der Waals surface area contributed by atoms with Crippen molar-refractivity contribution in [2.24, 2.45) is 0 Å². The number of benzene rings is 5. The van der Waals surface area contributed by atoms with Gasteiger partial charge in [0.05, 0.1) is 17.9 Å². The molecule has 1 aromatic heterocycles. The van der Waals surface area contributed by atoms with E-state index in [1.807, 2.05) is 11.3 Å². The van der Waals surface area contributed by atoms with Crippen molar-refractivity contribution < 1.29 is 0 Å². The van der Waals surface area contributed by atoms with Gasteiger partial charge in [-0.1, -0.05) is 73.7 Å². The molecule has 2 aliphatic rings. The van der Waals surface area contributed by atoms with Gasteiger partial charge in [0, 0.05) is 43.2 Å². The predicted octanol–water partition coefficient (Wildman–Crippen LogP) is 10.2. The van der Waals surface area contributed by atoms with E-state index in [0.29, 0.717) is 5.92 Å². The standard InChI is InChI=1S/C36H29N3S/c1-3-32-23(2)29-17-16-28(38-22-26-9-4-6-13-33(26)38)21-34(29)39(32)37-27-11-8-10-24(19-27)25-15-18-36-31(20-25)30-12-5-7-14-35(30)40-36/h3-21,23,37H,22H2,1-2H3/b32-3+. The molecule has 0 saturated heterocycles. The van der Waals surface area contributed by atoms with Crippen LogP contribution in [0.2, 0.25) is 0 Å². The van der Waals surface area contributed by atoms with Crippen molar-refractivity contribution in [3.05, 3.63) is 132 Å². The van der Waals surface area contributed by atoms with E-state index in [0.717, 1.165) is 12.2 Å². The van der Waals surface area contributed by atoms with E-state index in [4.69, 9.17) is 0 Å². The molecule has 5 aromatic carbocycles. The molecule has 0 fully saturated rings. The number of rotatable bonds is 4. The number of para-hydroxylation sites is 1. The normalized spacial score (nSPS) is 16.9. The third kappa shape index (κ3) is 3.56. The second-order valence-corrected chi connectivity index (χ2v) is 11.8. The van der Waals surface area contributed by atoms with Gasteiger partial charge in [-0.05, 0) is 77.7 Å². The molecule has 0 saturated carbocycles. The third-order valence-corrected chi connectivity index (χ3v) is 9.61. The highest BCUT2D eigenvalue weighted by molar-refractivity contribution is 7.25. The molecule has 8 rings (SSSR count). The molecule has 0 spiro atoms. The van der Waals surface area contributed by atoms with Crippen molar-refractivity contribution in [1.82, 2.24) is 0 Å². The lowest BCUT2D eigenvalue weighted by molar-refractivity contribution is 0.884. The van der Waals surface area contributed by atoms with Gasteiger partial charge in [0.2, 0.25) is 0 Å². The maximum atomic E-state index is 3.77. The Kier molecular flexibility index (Phi) is 5.26. The van der Waals surface area contributed by atoms with Crippen molar-refractivity contribution in [3.8, 4) is 11.1 Å². The van der Waals surface area contributed by atoms with Gasteiger partial charge >= 0.3 is 0 Å². The largest absolute Gasteiger partial charge is 0.337 e. The van der Waals surface area contributed by atoms with Gasteiger partial charge in [-0.15, -0.1) is 11.3 Å². The molecule has 40 heavy (non-hydrogen) atoms. The van der Waals surface area contributed by atoms with Crippen LogP contribution < -0.4 is 15.3 Å². The van der Waals surface area contributed by atoms with Crippen LogP contribution in [0.25, 0.3) is 31.3 Å². The highest BCUT2D eigenvalue weighted by atomic mass is 32.1.